The summed E-state index contributed by atoms with van der Waals surface area (Å²) in [7, 11) is 0. The zero-order chi connectivity index (χ0) is 13.1. The molecule has 0 saturated carbocycles. The molecule has 2 aromatic rings. The van der Waals surface area contributed by atoms with Gasteiger partial charge in [-0.1, -0.05) is 41.9 Å². The van der Waals surface area contributed by atoms with Crippen LogP contribution in [-0.2, 0) is 6.42 Å². The van der Waals surface area contributed by atoms with E-state index in [-0.39, 0.29) is 11.0 Å². The first kappa shape index (κ1) is 12.3. The molecule has 7 heteroatoms. The third-order valence-corrected chi connectivity index (χ3v) is 2.57. The van der Waals surface area contributed by atoms with Crippen molar-refractivity contribution in [3.05, 3.63) is 57.0 Å². The van der Waals surface area contributed by atoms with Gasteiger partial charge < -0.3 is 5.73 Å². The molecule has 0 radical (unpaired) electrons. The van der Waals surface area contributed by atoms with Crippen LogP contribution in [0.2, 0.25) is 5.15 Å². The molecule has 2 N–H and O–H groups in total. The summed E-state index contributed by atoms with van der Waals surface area (Å²) in [6.07, 6.45) is 0.419. The first-order valence-corrected chi connectivity index (χ1v) is 5.46. The van der Waals surface area contributed by atoms with Crippen molar-refractivity contribution < 1.29 is 4.92 Å². The fourth-order valence-corrected chi connectivity index (χ4v) is 1.78. The smallest absolute Gasteiger partial charge is 0.348 e. The van der Waals surface area contributed by atoms with Crippen LogP contribution in [0, 0.1) is 10.1 Å². The van der Waals surface area contributed by atoms with Crippen LogP contribution < -0.4 is 5.73 Å². The van der Waals surface area contributed by atoms with Gasteiger partial charge in [0.25, 0.3) is 0 Å². The van der Waals surface area contributed by atoms with Crippen LogP contribution in [0.4, 0.5) is 11.5 Å². The van der Waals surface area contributed by atoms with Gasteiger partial charge in [-0.15, -0.1) is 0 Å². The molecule has 0 aliphatic heterocycles. The Labute approximate surface area is 108 Å². The van der Waals surface area contributed by atoms with Crippen LogP contribution in [0.15, 0.2) is 30.3 Å². The maximum Gasteiger partial charge on any atom is 0.348 e. The van der Waals surface area contributed by atoms with Crippen molar-refractivity contribution >= 4 is 23.1 Å². The normalized spacial score (nSPS) is 10.3. The summed E-state index contributed by atoms with van der Waals surface area (Å²) in [6, 6.07) is 9.45. The summed E-state index contributed by atoms with van der Waals surface area (Å²) in [4.78, 5) is 17.8. The van der Waals surface area contributed by atoms with Crippen molar-refractivity contribution in [1.82, 2.24) is 9.97 Å². The maximum absolute atomic E-state index is 10.7. The minimum absolute atomic E-state index is 0.217. The summed E-state index contributed by atoms with van der Waals surface area (Å²) < 4.78 is 0. The predicted molar refractivity (Wildman–Crippen MR) is 67.4 cm³/mol. The third-order valence-electron chi connectivity index (χ3n) is 2.30. The number of halogens is 1. The fraction of sp³-hybridized carbons (Fsp3) is 0.0909. The lowest BCUT2D eigenvalue weighted by molar-refractivity contribution is -0.384. The molecule has 1 aromatic carbocycles. The number of hydrogen-bond acceptors (Lipinski definition) is 5. The highest BCUT2D eigenvalue weighted by Gasteiger charge is 2.21. The molecule has 0 saturated heterocycles. The average Bonchev–Trinajstić information content (AvgIpc) is 2.28. The third kappa shape index (κ3) is 2.54. The van der Waals surface area contributed by atoms with Crippen LogP contribution in [0.1, 0.15) is 11.4 Å². The van der Waals surface area contributed by atoms with Crippen molar-refractivity contribution in [3.63, 3.8) is 0 Å². The van der Waals surface area contributed by atoms with Crippen molar-refractivity contribution in [2.24, 2.45) is 0 Å². The van der Waals surface area contributed by atoms with Gasteiger partial charge in [0.15, 0.2) is 0 Å². The lowest BCUT2D eigenvalue weighted by Gasteiger charge is -2.03. The van der Waals surface area contributed by atoms with Gasteiger partial charge in [-0.05, 0) is 5.56 Å². The van der Waals surface area contributed by atoms with E-state index in [0.29, 0.717) is 12.2 Å². The summed E-state index contributed by atoms with van der Waals surface area (Å²) >= 11 is 5.72. The number of rotatable bonds is 3. The molecule has 0 amide bonds. The quantitative estimate of drug-likeness (QED) is 0.521. The molecular weight excluding hydrogens is 256 g/mol. The Morgan fingerprint density at radius 2 is 1.94 bits per heavy atom. The molecule has 0 unspecified atom stereocenters. The van der Waals surface area contributed by atoms with E-state index in [1.165, 1.54) is 0 Å². The zero-order valence-corrected chi connectivity index (χ0v) is 9.96. The van der Waals surface area contributed by atoms with Crippen molar-refractivity contribution in [2.75, 3.05) is 5.73 Å². The Bertz CT molecular complexity index is 566. The second-order valence-corrected chi connectivity index (χ2v) is 3.94. The van der Waals surface area contributed by atoms with Gasteiger partial charge in [0.05, 0.1) is 4.92 Å². The monoisotopic (exact) mass is 264 g/mol. The number of nitrogens with zero attached hydrogens (tertiary/aromatic N) is 3. The number of nitrogen functional groups attached to an aromatic ring is 1. The Balaban J connectivity index is 2.34. The largest absolute Gasteiger partial charge is 0.378 e. The first-order chi connectivity index (χ1) is 8.58. The van der Waals surface area contributed by atoms with E-state index < -0.39 is 10.6 Å². The number of benzene rings is 1. The number of anilines is 1. The molecule has 1 aromatic heterocycles. The Morgan fingerprint density at radius 1 is 1.28 bits per heavy atom. The predicted octanol–water partition coefficient (Wildman–Crippen LogP) is 2.21. The van der Waals surface area contributed by atoms with Crippen LogP contribution in [0.5, 0.6) is 0 Å². The lowest BCUT2D eigenvalue weighted by Crippen LogP contribution is -2.05. The number of nitrogens with two attached hydrogens (primary N) is 1. The van der Waals surface area contributed by atoms with Gasteiger partial charge in [0, 0.05) is 6.42 Å². The molecular formula is C11H9ClN4O2. The first-order valence-electron chi connectivity index (χ1n) is 5.08. The van der Waals surface area contributed by atoms with Crippen LogP contribution >= 0.6 is 11.6 Å². The molecule has 0 spiro atoms. The minimum Gasteiger partial charge on any atom is -0.378 e. The summed E-state index contributed by atoms with van der Waals surface area (Å²) in [6.45, 7) is 0. The molecule has 0 aliphatic carbocycles. The fourth-order valence-electron chi connectivity index (χ4n) is 1.52. The Kier molecular flexibility index (Phi) is 3.38. The van der Waals surface area contributed by atoms with Crippen molar-refractivity contribution in [3.8, 4) is 0 Å². The van der Waals surface area contributed by atoms with Gasteiger partial charge in [-0.25, -0.2) is 9.97 Å². The molecule has 1 heterocycles. The highest BCUT2D eigenvalue weighted by Crippen LogP contribution is 2.27. The molecule has 6 nitrogen and oxygen atoms in total. The topological polar surface area (TPSA) is 94.9 Å². The van der Waals surface area contributed by atoms with E-state index >= 15 is 0 Å². The lowest BCUT2D eigenvalue weighted by atomic mass is 10.1. The summed E-state index contributed by atoms with van der Waals surface area (Å²) in [5.74, 6) is 0.139. The van der Waals surface area contributed by atoms with Gasteiger partial charge in [0.2, 0.25) is 11.0 Å². The molecule has 18 heavy (non-hydrogen) atoms. The minimum atomic E-state index is -0.691. The molecule has 0 atom stereocenters. The Morgan fingerprint density at radius 3 is 2.50 bits per heavy atom. The molecule has 2 rings (SSSR count). The van der Waals surface area contributed by atoms with Crippen molar-refractivity contribution in [2.45, 2.75) is 6.42 Å². The van der Waals surface area contributed by atoms with E-state index in [1.807, 2.05) is 30.3 Å². The van der Waals surface area contributed by atoms with E-state index in [4.69, 9.17) is 17.3 Å². The number of aromatic nitrogens is 2. The van der Waals surface area contributed by atoms with Gasteiger partial charge in [0.1, 0.15) is 5.82 Å². The van der Waals surface area contributed by atoms with Crippen LogP contribution in [0.25, 0.3) is 0 Å². The number of nitro groups is 1. The average molecular weight is 265 g/mol. The standard InChI is InChI=1S/C11H9ClN4O2/c12-10-9(16(17)18)11(13)15-8(14-10)6-7-4-2-1-3-5-7/h1-5H,6H2,(H2,13,14,15). The number of hydrogen-bond donors (Lipinski definition) is 1. The molecule has 0 fully saturated rings. The molecule has 0 bridgehead atoms. The SMILES string of the molecule is Nc1nc(Cc2ccccc2)nc(Cl)c1[N+](=O)[O-]. The Hall–Kier alpha value is -2.21. The van der Waals surface area contributed by atoms with Crippen LogP contribution in [-0.4, -0.2) is 14.9 Å². The van der Waals surface area contributed by atoms with Gasteiger partial charge in [-0.2, -0.15) is 0 Å². The van der Waals surface area contributed by atoms with E-state index in [0.717, 1.165) is 5.56 Å². The van der Waals surface area contributed by atoms with E-state index in [1.54, 1.807) is 0 Å². The molecule has 92 valence electrons. The van der Waals surface area contributed by atoms with Crippen molar-refractivity contribution in [1.29, 1.82) is 0 Å². The second-order valence-electron chi connectivity index (χ2n) is 3.58. The van der Waals surface area contributed by atoms with Crippen LogP contribution in [0.3, 0.4) is 0 Å². The maximum atomic E-state index is 10.7. The summed E-state index contributed by atoms with van der Waals surface area (Å²) in [5.41, 5.74) is 6.02. The highest BCUT2D eigenvalue weighted by atomic mass is 35.5. The summed E-state index contributed by atoms with van der Waals surface area (Å²) in [5, 5.41) is 10.4. The van der Waals surface area contributed by atoms with Gasteiger partial charge >= 0.3 is 5.69 Å². The van der Waals surface area contributed by atoms with Gasteiger partial charge in [-0.3, -0.25) is 10.1 Å². The highest BCUT2D eigenvalue weighted by molar-refractivity contribution is 6.31. The van der Waals surface area contributed by atoms with E-state index in [2.05, 4.69) is 9.97 Å². The zero-order valence-electron chi connectivity index (χ0n) is 9.21. The second kappa shape index (κ2) is 4.97. The molecule has 0 aliphatic rings. The van der Waals surface area contributed by atoms with E-state index in [9.17, 15) is 10.1 Å².